The predicted molar refractivity (Wildman–Crippen MR) is 103 cm³/mol. The second-order valence-corrected chi connectivity index (χ2v) is 7.11. The summed E-state index contributed by atoms with van der Waals surface area (Å²) >= 11 is 0. The van der Waals surface area contributed by atoms with Crippen molar-refractivity contribution in [2.75, 3.05) is 64.3 Å². The lowest BCUT2D eigenvalue weighted by atomic mass is 10.2. The molecule has 2 heterocycles. The molecule has 0 atom stereocenters. The Balaban J connectivity index is 1.59. The second kappa shape index (κ2) is 8.24. The lowest BCUT2D eigenvalue weighted by molar-refractivity contribution is -0.128. The van der Waals surface area contributed by atoms with Crippen LogP contribution in [-0.2, 0) is 4.79 Å². The van der Waals surface area contributed by atoms with Gasteiger partial charge in [-0.25, -0.2) is 0 Å². The summed E-state index contributed by atoms with van der Waals surface area (Å²) in [5, 5.41) is 9.46. The Hall–Kier alpha value is -2.52. The van der Waals surface area contributed by atoms with Crippen LogP contribution in [0.25, 0.3) is 0 Å². The molecule has 6 nitrogen and oxygen atoms in total. The summed E-state index contributed by atoms with van der Waals surface area (Å²) in [5.41, 5.74) is 2.75. The van der Waals surface area contributed by atoms with Crippen LogP contribution in [0, 0.1) is 18.3 Å². The largest absolute Gasteiger partial charge is 0.373 e. The summed E-state index contributed by atoms with van der Waals surface area (Å²) in [6.45, 7) is 8.61. The molecule has 0 unspecified atom stereocenters. The maximum Gasteiger partial charge on any atom is 0.266 e. The van der Waals surface area contributed by atoms with Crippen LogP contribution in [0.5, 0.6) is 0 Å². The number of likely N-dealkylation sites (N-methyl/N-ethyl adjacent to an activating group) is 1. The molecule has 0 aliphatic carbocycles. The first-order valence-corrected chi connectivity index (χ1v) is 9.22. The zero-order valence-electron chi connectivity index (χ0n) is 15.7. The molecule has 2 saturated heterocycles. The number of nitrogens with zero attached hydrogens (tertiary/aromatic N) is 5. The third kappa shape index (κ3) is 4.36. The molecule has 0 spiro atoms. The van der Waals surface area contributed by atoms with Crippen molar-refractivity contribution in [3.05, 3.63) is 41.6 Å². The highest BCUT2D eigenvalue weighted by Crippen LogP contribution is 2.18. The molecule has 2 fully saturated rings. The van der Waals surface area contributed by atoms with Gasteiger partial charge in [-0.15, -0.1) is 0 Å². The van der Waals surface area contributed by atoms with Crippen LogP contribution in [0.2, 0.25) is 0 Å². The number of carbonyl (C=O) groups is 1. The Morgan fingerprint density at radius 1 is 1.08 bits per heavy atom. The first-order valence-electron chi connectivity index (χ1n) is 9.22. The molecule has 1 aromatic rings. The molecule has 3 rings (SSSR count). The van der Waals surface area contributed by atoms with Crippen LogP contribution in [0.3, 0.4) is 0 Å². The molecule has 6 heteroatoms. The van der Waals surface area contributed by atoms with Crippen LogP contribution in [0.15, 0.2) is 36.0 Å². The van der Waals surface area contributed by atoms with Gasteiger partial charge in [-0.05, 0) is 31.7 Å². The lowest BCUT2D eigenvalue weighted by Gasteiger charge is -2.36. The summed E-state index contributed by atoms with van der Waals surface area (Å²) in [4.78, 5) is 21.0. The summed E-state index contributed by atoms with van der Waals surface area (Å²) in [7, 11) is 2.05. The summed E-state index contributed by atoms with van der Waals surface area (Å²) in [5.74, 6) is -0.137. The van der Waals surface area contributed by atoms with Gasteiger partial charge >= 0.3 is 0 Å². The summed E-state index contributed by atoms with van der Waals surface area (Å²) < 4.78 is 0. The van der Waals surface area contributed by atoms with Crippen molar-refractivity contribution in [3.63, 3.8) is 0 Å². The molecular weight excluding hydrogens is 326 g/mol. The van der Waals surface area contributed by atoms with Crippen molar-refractivity contribution in [2.45, 2.75) is 6.92 Å². The number of amides is 1. The Morgan fingerprint density at radius 2 is 1.77 bits per heavy atom. The number of carbonyl (C=O) groups excluding carboxylic acids is 1. The Kier molecular flexibility index (Phi) is 5.79. The van der Waals surface area contributed by atoms with Crippen LogP contribution in [0.4, 0.5) is 5.69 Å². The average Bonchev–Trinajstić information content (AvgIpc) is 2.66. The van der Waals surface area contributed by atoms with Crippen molar-refractivity contribution in [1.82, 2.24) is 14.7 Å². The molecule has 2 aliphatic heterocycles. The van der Waals surface area contributed by atoms with E-state index in [1.54, 1.807) is 11.1 Å². The molecule has 0 saturated carbocycles. The average molecular weight is 353 g/mol. The van der Waals surface area contributed by atoms with E-state index in [1.807, 2.05) is 0 Å². The van der Waals surface area contributed by atoms with E-state index in [2.05, 4.69) is 59.0 Å². The molecule has 26 heavy (non-hydrogen) atoms. The van der Waals surface area contributed by atoms with Crippen LogP contribution >= 0.6 is 0 Å². The first-order chi connectivity index (χ1) is 12.6. The van der Waals surface area contributed by atoms with E-state index in [0.717, 1.165) is 39.3 Å². The lowest BCUT2D eigenvalue weighted by Crippen LogP contribution is -2.48. The minimum absolute atomic E-state index is 0.137. The molecule has 0 aromatic heterocycles. The van der Waals surface area contributed by atoms with Gasteiger partial charge in [0.1, 0.15) is 11.6 Å². The molecule has 1 aromatic carbocycles. The maximum atomic E-state index is 12.6. The number of piperazine rings is 2. The molecule has 138 valence electrons. The van der Waals surface area contributed by atoms with Gasteiger partial charge in [-0.2, -0.15) is 5.26 Å². The highest BCUT2D eigenvalue weighted by Gasteiger charge is 2.23. The molecule has 1 amide bonds. The topological polar surface area (TPSA) is 53.8 Å². The monoisotopic (exact) mass is 353 g/mol. The smallest absolute Gasteiger partial charge is 0.266 e. The van der Waals surface area contributed by atoms with Crippen molar-refractivity contribution in [1.29, 1.82) is 5.26 Å². The number of rotatable bonds is 3. The maximum absolute atomic E-state index is 12.6. The third-order valence-corrected chi connectivity index (χ3v) is 5.13. The van der Waals surface area contributed by atoms with Gasteiger partial charge in [0.15, 0.2) is 0 Å². The fourth-order valence-corrected chi connectivity index (χ4v) is 3.43. The van der Waals surface area contributed by atoms with E-state index < -0.39 is 0 Å². The number of anilines is 1. The molecule has 0 bridgehead atoms. The minimum atomic E-state index is -0.137. The molecule has 0 N–H and O–H groups in total. The summed E-state index contributed by atoms with van der Waals surface area (Å²) in [6, 6.07) is 10.6. The molecule has 0 radical (unpaired) electrons. The normalized spacial score (nSPS) is 19.4. The van der Waals surface area contributed by atoms with Crippen LogP contribution in [-0.4, -0.2) is 80.0 Å². The van der Waals surface area contributed by atoms with Crippen molar-refractivity contribution < 1.29 is 4.79 Å². The van der Waals surface area contributed by atoms with Crippen LogP contribution < -0.4 is 4.90 Å². The van der Waals surface area contributed by atoms with Crippen molar-refractivity contribution in [2.24, 2.45) is 0 Å². The minimum Gasteiger partial charge on any atom is -0.373 e. The first kappa shape index (κ1) is 18.3. The van der Waals surface area contributed by atoms with E-state index in [9.17, 15) is 10.1 Å². The molecular formula is C20H27N5O. The van der Waals surface area contributed by atoms with E-state index in [0.29, 0.717) is 13.1 Å². The third-order valence-electron chi connectivity index (χ3n) is 5.13. The Labute approximate surface area is 155 Å². The number of hydrogen-bond acceptors (Lipinski definition) is 5. The standard InChI is InChI=1S/C20H27N5O/c1-17-4-3-5-19(14-17)24-12-8-23(9-13-24)16-18(15-21)20(26)25-10-6-22(2)7-11-25/h3-5,14,16H,6-13H2,1-2H3/b18-16-. The Bertz CT molecular complexity index is 707. The quantitative estimate of drug-likeness (QED) is 0.606. The van der Waals surface area contributed by atoms with Crippen LogP contribution in [0.1, 0.15) is 5.56 Å². The second-order valence-electron chi connectivity index (χ2n) is 7.11. The predicted octanol–water partition coefficient (Wildman–Crippen LogP) is 1.30. The van der Waals surface area contributed by atoms with Gasteiger partial charge in [-0.1, -0.05) is 12.1 Å². The van der Waals surface area contributed by atoms with Crippen molar-refractivity contribution in [3.8, 4) is 6.07 Å². The van der Waals surface area contributed by atoms with E-state index in [1.165, 1.54) is 11.3 Å². The van der Waals surface area contributed by atoms with Gasteiger partial charge in [0.2, 0.25) is 0 Å². The fourth-order valence-electron chi connectivity index (χ4n) is 3.43. The number of aryl methyl sites for hydroxylation is 1. The number of benzene rings is 1. The highest BCUT2D eigenvalue weighted by molar-refractivity contribution is 5.97. The van der Waals surface area contributed by atoms with Gasteiger partial charge < -0.3 is 19.6 Å². The van der Waals surface area contributed by atoms with Gasteiger partial charge in [0.05, 0.1) is 0 Å². The van der Waals surface area contributed by atoms with Gasteiger partial charge in [-0.3, -0.25) is 4.79 Å². The van der Waals surface area contributed by atoms with Gasteiger partial charge in [0.25, 0.3) is 5.91 Å². The fraction of sp³-hybridized carbons (Fsp3) is 0.500. The highest BCUT2D eigenvalue weighted by atomic mass is 16.2. The van der Waals surface area contributed by atoms with Gasteiger partial charge in [0, 0.05) is 64.2 Å². The van der Waals surface area contributed by atoms with Crippen molar-refractivity contribution >= 4 is 11.6 Å². The SMILES string of the molecule is Cc1cccc(N2CCN(/C=C(/C#N)C(=O)N3CCN(C)CC3)CC2)c1. The molecule has 2 aliphatic rings. The Morgan fingerprint density at radius 3 is 2.38 bits per heavy atom. The number of nitriles is 1. The summed E-state index contributed by atoms with van der Waals surface area (Å²) in [6.07, 6.45) is 1.76. The van der Waals surface area contributed by atoms with E-state index >= 15 is 0 Å². The van der Waals surface area contributed by atoms with E-state index in [4.69, 9.17) is 0 Å². The zero-order chi connectivity index (χ0) is 18.5. The zero-order valence-corrected chi connectivity index (χ0v) is 15.7. The van der Waals surface area contributed by atoms with E-state index in [-0.39, 0.29) is 11.5 Å². The number of hydrogen-bond donors (Lipinski definition) is 0.